The molecule has 4 heterocycles. The molecule has 1 amide bonds. The number of allylic oxidation sites excluding steroid dienone is 2. The van der Waals surface area contributed by atoms with Crippen LogP contribution < -0.4 is 0 Å². The van der Waals surface area contributed by atoms with E-state index in [0.29, 0.717) is 0 Å². The van der Waals surface area contributed by atoms with E-state index in [1.807, 2.05) is 55.6 Å². The highest BCUT2D eigenvalue weighted by atomic mass is 16.2. The number of carbonyl (C=O) groups excluding carboxylic acids is 1. The van der Waals surface area contributed by atoms with Crippen LogP contribution in [0.3, 0.4) is 0 Å². The third kappa shape index (κ3) is 5.50. The Balaban J connectivity index is 0.00000141. The Labute approximate surface area is 209 Å². The van der Waals surface area contributed by atoms with Gasteiger partial charge in [-0.25, -0.2) is 4.52 Å². The highest BCUT2D eigenvalue weighted by Gasteiger charge is 2.32. The number of aryl methyl sites for hydroxylation is 2. The molecule has 0 spiro atoms. The number of fused-ring (bicyclic) bond motifs is 1. The number of carbonyl (C=O) groups is 1. The number of hydrogen-bond donors (Lipinski definition) is 0. The van der Waals surface area contributed by atoms with Crippen molar-refractivity contribution in [3.05, 3.63) is 59.5 Å². The van der Waals surface area contributed by atoms with E-state index in [0.717, 1.165) is 72.5 Å². The predicted molar refractivity (Wildman–Crippen MR) is 142 cm³/mol. The normalized spacial score (nSPS) is 21.1. The molecule has 1 aliphatic carbocycles. The first-order valence-electron chi connectivity index (χ1n) is 13.2. The lowest BCUT2D eigenvalue weighted by Gasteiger charge is -2.38. The van der Waals surface area contributed by atoms with Crippen LogP contribution >= 0.6 is 0 Å². The highest BCUT2D eigenvalue weighted by molar-refractivity contribution is 5.95. The molecule has 3 aliphatic rings. The number of rotatable bonds is 5. The first-order chi connectivity index (χ1) is 16.9. The quantitative estimate of drug-likeness (QED) is 0.597. The van der Waals surface area contributed by atoms with Gasteiger partial charge in [0.25, 0.3) is 5.91 Å². The minimum Gasteiger partial charge on any atom is -0.368 e. The summed E-state index contributed by atoms with van der Waals surface area (Å²) >= 11 is 0. The summed E-state index contributed by atoms with van der Waals surface area (Å²) in [5, 5.41) is 4.71. The van der Waals surface area contributed by atoms with Crippen molar-refractivity contribution in [3.8, 4) is 0 Å². The summed E-state index contributed by atoms with van der Waals surface area (Å²) in [6.07, 6.45) is 13.5. The minimum atomic E-state index is -0.0134. The van der Waals surface area contributed by atoms with Gasteiger partial charge in [-0.1, -0.05) is 26.8 Å². The SMILES string of the molecule is CC.CCc1nc(C)cn2nc(/C(C)=C/C(=O)N3C=C(N4CCN(C5CC5)CC4)C=CC3C)cc12. The van der Waals surface area contributed by atoms with E-state index in [2.05, 4.69) is 40.8 Å². The fraction of sp³-hybridized carbons (Fsp3) is 0.536. The number of nitrogens with zero attached hydrogens (tertiary/aromatic N) is 6. The molecule has 7 nitrogen and oxygen atoms in total. The third-order valence-electron chi connectivity index (χ3n) is 6.98. The van der Waals surface area contributed by atoms with E-state index < -0.39 is 0 Å². The Kier molecular flexibility index (Phi) is 7.75. The van der Waals surface area contributed by atoms with Gasteiger partial charge in [0, 0.05) is 44.5 Å². The molecule has 0 N–H and O–H groups in total. The average molecular weight is 477 g/mol. The molecule has 2 fully saturated rings. The summed E-state index contributed by atoms with van der Waals surface area (Å²) in [4.78, 5) is 24.7. The van der Waals surface area contributed by atoms with E-state index in [1.165, 1.54) is 12.8 Å². The summed E-state index contributed by atoms with van der Waals surface area (Å²) < 4.78 is 1.88. The number of hydrogen-bond acceptors (Lipinski definition) is 5. The number of piperazine rings is 1. The zero-order valence-corrected chi connectivity index (χ0v) is 22.2. The van der Waals surface area contributed by atoms with Crippen molar-refractivity contribution in [2.75, 3.05) is 26.2 Å². The van der Waals surface area contributed by atoms with Crippen LogP contribution in [-0.4, -0.2) is 73.5 Å². The lowest BCUT2D eigenvalue weighted by Crippen LogP contribution is -2.47. The molecule has 0 aromatic carbocycles. The highest BCUT2D eigenvalue weighted by Crippen LogP contribution is 2.29. The zero-order valence-electron chi connectivity index (χ0n) is 22.2. The average Bonchev–Trinajstić information content (AvgIpc) is 3.63. The summed E-state index contributed by atoms with van der Waals surface area (Å²) in [6, 6.07) is 2.88. The first-order valence-corrected chi connectivity index (χ1v) is 13.2. The summed E-state index contributed by atoms with van der Waals surface area (Å²) in [7, 11) is 0. The van der Waals surface area contributed by atoms with Crippen molar-refractivity contribution in [2.24, 2.45) is 0 Å². The molecule has 0 radical (unpaired) electrons. The van der Waals surface area contributed by atoms with Crippen molar-refractivity contribution in [1.82, 2.24) is 29.3 Å². The van der Waals surface area contributed by atoms with E-state index in [1.54, 1.807) is 6.08 Å². The fourth-order valence-electron chi connectivity index (χ4n) is 4.84. The molecule has 2 aliphatic heterocycles. The summed E-state index contributed by atoms with van der Waals surface area (Å²) in [6.45, 7) is 16.4. The smallest absolute Gasteiger partial charge is 0.251 e. The van der Waals surface area contributed by atoms with E-state index in [4.69, 9.17) is 5.10 Å². The molecule has 1 saturated heterocycles. The van der Waals surface area contributed by atoms with Crippen molar-refractivity contribution in [3.63, 3.8) is 0 Å². The van der Waals surface area contributed by atoms with Crippen molar-refractivity contribution in [1.29, 1.82) is 0 Å². The maximum Gasteiger partial charge on any atom is 0.251 e. The third-order valence-corrected chi connectivity index (χ3v) is 6.98. The fourth-order valence-corrected chi connectivity index (χ4v) is 4.84. The van der Waals surface area contributed by atoms with Gasteiger partial charge in [0.1, 0.15) is 0 Å². The number of amides is 1. The minimum absolute atomic E-state index is 0.0134. The van der Waals surface area contributed by atoms with Crippen LogP contribution in [0.25, 0.3) is 11.1 Å². The maximum absolute atomic E-state index is 13.3. The molecule has 1 atom stereocenters. The summed E-state index contributed by atoms with van der Waals surface area (Å²) in [5.74, 6) is -0.0134. The van der Waals surface area contributed by atoms with E-state index >= 15 is 0 Å². The zero-order chi connectivity index (χ0) is 25.1. The molecule has 5 rings (SSSR count). The Bertz CT molecular complexity index is 1150. The van der Waals surface area contributed by atoms with Gasteiger partial charge in [-0.05, 0) is 57.7 Å². The maximum atomic E-state index is 13.3. The molecule has 1 unspecified atom stereocenters. The van der Waals surface area contributed by atoms with Crippen LogP contribution in [0.5, 0.6) is 0 Å². The van der Waals surface area contributed by atoms with Gasteiger partial charge in [-0.3, -0.25) is 14.7 Å². The lowest BCUT2D eigenvalue weighted by molar-refractivity contribution is -0.124. The van der Waals surface area contributed by atoms with Gasteiger partial charge >= 0.3 is 0 Å². The van der Waals surface area contributed by atoms with Gasteiger partial charge < -0.3 is 9.80 Å². The predicted octanol–water partition coefficient (Wildman–Crippen LogP) is 4.44. The first kappa shape index (κ1) is 25.2. The topological polar surface area (TPSA) is 57.0 Å². The summed E-state index contributed by atoms with van der Waals surface area (Å²) in [5.41, 5.74) is 5.77. The molecule has 35 heavy (non-hydrogen) atoms. The molecular formula is C28H40N6O. The van der Waals surface area contributed by atoms with Crippen LogP contribution in [0, 0.1) is 6.92 Å². The monoisotopic (exact) mass is 476 g/mol. The van der Waals surface area contributed by atoms with Crippen LogP contribution in [0.1, 0.15) is 64.5 Å². The van der Waals surface area contributed by atoms with Gasteiger partial charge in [-0.15, -0.1) is 0 Å². The number of aromatic nitrogens is 3. The van der Waals surface area contributed by atoms with Crippen LogP contribution in [-0.2, 0) is 11.2 Å². The molecule has 0 bridgehead atoms. The Morgan fingerprint density at radius 3 is 2.54 bits per heavy atom. The Morgan fingerprint density at radius 1 is 1.17 bits per heavy atom. The van der Waals surface area contributed by atoms with Crippen molar-refractivity contribution >= 4 is 17.0 Å². The Morgan fingerprint density at radius 2 is 1.89 bits per heavy atom. The Hall–Kier alpha value is -2.93. The van der Waals surface area contributed by atoms with E-state index in [-0.39, 0.29) is 11.9 Å². The molecule has 188 valence electrons. The second-order valence-corrected chi connectivity index (χ2v) is 9.52. The van der Waals surface area contributed by atoms with Crippen molar-refractivity contribution in [2.45, 2.75) is 72.9 Å². The van der Waals surface area contributed by atoms with Crippen molar-refractivity contribution < 1.29 is 4.79 Å². The van der Waals surface area contributed by atoms with Crippen LogP contribution in [0.2, 0.25) is 0 Å². The van der Waals surface area contributed by atoms with Crippen LogP contribution in [0.15, 0.2) is 42.4 Å². The standard InChI is InChI=1S/C26H34N6O.C2H6/c1-5-23-25-15-24(28-32(25)16-19(3)27-23)18(2)14-26(33)31-17-22(7-6-20(31)4)30-12-10-29(11-13-30)21-8-9-21;1-2/h6-7,14-17,20-21H,5,8-13H2,1-4H3;1-2H3/b18-14+;. The largest absolute Gasteiger partial charge is 0.368 e. The van der Waals surface area contributed by atoms with Gasteiger partial charge in [0.2, 0.25) is 0 Å². The molecule has 2 aromatic heterocycles. The second-order valence-electron chi connectivity index (χ2n) is 9.52. The molecular weight excluding hydrogens is 436 g/mol. The second kappa shape index (κ2) is 10.8. The lowest BCUT2D eigenvalue weighted by atomic mass is 10.1. The molecule has 7 heteroatoms. The molecule has 1 saturated carbocycles. The van der Waals surface area contributed by atoms with Gasteiger partial charge in [0.15, 0.2) is 0 Å². The van der Waals surface area contributed by atoms with E-state index in [9.17, 15) is 4.79 Å². The van der Waals surface area contributed by atoms with Crippen LogP contribution in [0.4, 0.5) is 0 Å². The van der Waals surface area contributed by atoms with Gasteiger partial charge in [-0.2, -0.15) is 5.10 Å². The van der Waals surface area contributed by atoms with Gasteiger partial charge in [0.05, 0.1) is 40.5 Å². The molecule has 2 aromatic rings.